The number of halogens is 1. The first-order valence-corrected chi connectivity index (χ1v) is 9.03. The molecule has 0 aliphatic carbocycles. The Morgan fingerprint density at radius 3 is 2.56 bits per heavy atom. The fraction of sp³-hybridized carbons (Fsp3) is 0.632. The SMILES string of the molecule is CN=C(NCCc1cc(C)ccc1OC)NCCN1CCCCC1.I. The van der Waals surface area contributed by atoms with Gasteiger partial charge in [0.1, 0.15) is 5.75 Å². The Morgan fingerprint density at radius 2 is 1.88 bits per heavy atom. The van der Waals surface area contributed by atoms with Crippen molar-refractivity contribution in [1.82, 2.24) is 15.5 Å². The van der Waals surface area contributed by atoms with E-state index in [2.05, 4.69) is 39.6 Å². The van der Waals surface area contributed by atoms with Gasteiger partial charge >= 0.3 is 0 Å². The summed E-state index contributed by atoms with van der Waals surface area (Å²) in [6.45, 7) is 7.45. The summed E-state index contributed by atoms with van der Waals surface area (Å²) in [5, 5.41) is 6.80. The van der Waals surface area contributed by atoms with E-state index in [1.807, 2.05) is 13.1 Å². The maximum atomic E-state index is 5.44. The monoisotopic (exact) mass is 460 g/mol. The Morgan fingerprint density at radius 1 is 1.16 bits per heavy atom. The van der Waals surface area contributed by atoms with Crippen molar-refractivity contribution in [3.8, 4) is 5.75 Å². The summed E-state index contributed by atoms with van der Waals surface area (Å²) in [4.78, 5) is 6.84. The number of likely N-dealkylation sites (tertiary alicyclic amines) is 1. The number of hydrogen-bond acceptors (Lipinski definition) is 3. The molecule has 1 aliphatic heterocycles. The van der Waals surface area contributed by atoms with Gasteiger partial charge < -0.3 is 20.3 Å². The van der Waals surface area contributed by atoms with Crippen LogP contribution in [-0.2, 0) is 6.42 Å². The lowest BCUT2D eigenvalue weighted by Gasteiger charge is -2.26. The van der Waals surface area contributed by atoms with Crippen LogP contribution in [0.3, 0.4) is 0 Å². The van der Waals surface area contributed by atoms with E-state index in [1.54, 1.807) is 7.11 Å². The molecule has 0 amide bonds. The minimum atomic E-state index is 0. The van der Waals surface area contributed by atoms with Crippen molar-refractivity contribution >= 4 is 29.9 Å². The number of methoxy groups -OCH3 is 1. The summed E-state index contributed by atoms with van der Waals surface area (Å²) < 4.78 is 5.44. The molecule has 1 aromatic carbocycles. The molecule has 0 unspecified atom stereocenters. The zero-order chi connectivity index (χ0) is 17.2. The molecule has 1 fully saturated rings. The molecule has 0 aromatic heterocycles. The molecule has 1 saturated heterocycles. The van der Waals surface area contributed by atoms with Gasteiger partial charge in [0.25, 0.3) is 0 Å². The number of hydrogen-bond donors (Lipinski definition) is 2. The van der Waals surface area contributed by atoms with Crippen LogP contribution in [-0.4, -0.2) is 57.7 Å². The minimum absolute atomic E-state index is 0. The highest BCUT2D eigenvalue weighted by molar-refractivity contribution is 14.0. The summed E-state index contributed by atoms with van der Waals surface area (Å²) in [7, 11) is 3.55. The van der Waals surface area contributed by atoms with E-state index in [9.17, 15) is 0 Å². The van der Waals surface area contributed by atoms with Crippen molar-refractivity contribution in [3.05, 3.63) is 29.3 Å². The molecule has 5 nitrogen and oxygen atoms in total. The number of piperidine rings is 1. The van der Waals surface area contributed by atoms with Crippen LogP contribution in [0.25, 0.3) is 0 Å². The molecule has 1 heterocycles. The summed E-state index contributed by atoms with van der Waals surface area (Å²) in [6, 6.07) is 6.31. The first-order chi connectivity index (χ1) is 11.7. The van der Waals surface area contributed by atoms with Crippen molar-refractivity contribution in [3.63, 3.8) is 0 Å². The fourth-order valence-electron chi connectivity index (χ4n) is 3.15. The Kier molecular flexibility index (Phi) is 10.9. The normalized spacial score (nSPS) is 15.4. The number of ether oxygens (including phenoxy) is 1. The molecule has 0 spiro atoms. The van der Waals surface area contributed by atoms with E-state index in [1.165, 1.54) is 43.5 Å². The molecule has 0 atom stereocenters. The lowest BCUT2D eigenvalue weighted by Crippen LogP contribution is -2.43. The first kappa shape index (κ1) is 22.0. The second-order valence-corrected chi connectivity index (χ2v) is 6.39. The van der Waals surface area contributed by atoms with Crippen LogP contribution in [0.15, 0.2) is 23.2 Å². The largest absolute Gasteiger partial charge is 0.496 e. The smallest absolute Gasteiger partial charge is 0.191 e. The molecule has 2 N–H and O–H groups in total. The van der Waals surface area contributed by atoms with Gasteiger partial charge in [-0.2, -0.15) is 0 Å². The highest BCUT2D eigenvalue weighted by Gasteiger charge is 2.09. The highest BCUT2D eigenvalue weighted by Crippen LogP contribution is 2.19. The van der Waals surface area contributed by atoms with E-state index >= 15 is 0 Å². The summed E-state index contributed by atoms with van der Waals surface area (Å²) in [5.41, 5.74) is 2.49. The first-order valence-electron chi connectivity index (χ1n) is 9.03. The van der Waals surface area contributed by atoms with E-state index in [0.29, 0.717) is 0 Å². The van der Waals surface area contributed by atoms with Gasteiger partial charge in [0.05, 0.1) is 7.11 Å². The molecule has 1 aromatic rings. The van der Waals surface area contributed by atoms with E-state index < -0.39 is 0 Å². The van der Waals surface area contributed by atoms with Crippen LogP contribution < -0.4 is 15.4 Å². The van der Waals surface area contributed by atoms with Gasteiger partial charge in [-0.1, -0.05) is 24.1 Å². The third-order valence-corrected chi connectivity index (χ3v) is 4.52. The zero-order valence-electron chi connectivity index (χ0n) is 15.8. The van der Waals surface area contributed by atoms with Gasteiger partial charge in [-0.3, -0.25) is 4.99 Å². The van der Waals surface area contributed by atoms with Gasteiger partial charge in [0.2, 0.25) is 0 Å². The van der Waals surface area contributed by atoms with E-state index in [-0.39, 0.29) is 24.0 Å². The highest BCUT2D eigenvalue weighted by atomic mass is 127. The number of benzene rings is 1. The van der Waals surface area contributed by atoms with Crippen LogP contribution in [0.5, 0.6) is 5.75 Å². The van der Waals surface area contributed by atoms with Crippen molar-refractivity contribution < 1.29 is 4.74 Å². The predicted molar refractivity (Wildman–Crippen MR) is 117 cm³/mol. The zero-order valence-corrected chi connectivity index (χ0v) is 18.1. The molecule has 0 radical (unpaired) electrons. The van der Waals surface area contributed by atoms with E-state index in [0.717, 1.165) is 37.8 Å². The third-order valence-electron chi connectivity index (χ3n) is 4.52. The lowest BCUT2D eigenvalue weighted by atomic mass is 10.1. The Bertz CT molecular complexity index is 530. The molecule has 6 heteroatoms. The number of aliphatic imine (C=N–C) groups is 1. The second-order valence-electron chi connectivity index (χ2n) is 6.39. The average molecular weight is 460 g/mol. The van der Waals surface area contributed by atoms with Gasteiger partial charge in [-0.25, -0.2) is 0 Å². The molecule has 25 heavy (non-hydrogen) atoms. The molecule has 2 rings (SSSR count). The number of rotatable bonds is 7. The van der Waals surface area contributed by atoms with Crippen molar-refractivity contribution in [1.29, 1.82) is 0 Å². The van der Waals surface area contributed by atoms with Crippen molar-refractivity contribution in [2.45, 2.75) is 32.6 Å². The molecule has 0 bridgehead atoms. The topological polar surface area (TPSA) is 48.9 Å². The maximum Gasteiger partial charge on any atom is 0.191 e. The number of nitrogens with zero attached hydrogens (tertiary/aromatic N) is 2. The molecular weight excluding hydrogens is 427 g/mol. The third kappa shape index (κ3) is 7.81. The fourth-order valence-corrected chi connectivity index (χ4v) is 3.15. The predicted octanol–water partition coefficient (Wildman–Crippen LogP) is 2.82. The molecule has 0 saturated carbocycles. The summed E-state index contributed by atoms with van der Waals surface area (Å²) >= 11 is 0. The second kappa shape index (κ2) is 12.4. The standard InChI is InChI=1S/C19H32N4O.HI/c1-16-7-8-18(24-3)17(15-16)9-10-21-19(20-2)22-11-14-23-12-5-4-6-13-23;/h7-8,15H,4-6,9-14H2,1-3H3,(H2,20,21,22);1H. The average Bonchev–Trinajstić information content (AvgIpc) is 2.61. The summed E-state index contributed by atoms with van der Waals surface area (Å²) in [5.74, 6) is 1.83. The molecule has 1 aliphatic rings. The lowest BCUT2D eigenvalue weighted by molar-refractivity contribution is 0.232. The van der Waals surface area contributed by atoms with Crippen molar-refractivity contribution in [2.24, 2.45) is 4.99 Å². The Hall–Kier alpha value is -1.02. The van der Waals surface area contributed by atoms with Crippen molar-refractivity contribution in [2.75, 3.05) is 46.9 Å². The van der Waals surface area contributed by atoms with Gasteiger partial charge in [-0.15, -0.1) is 24.0 Å². The van der Waals surface area contributed by atoms with Crippen LogP contribution in [0.2, 0.25) is 0 Å². The van der Waals surface area contributed by atoms with Gasteiger partial charge in [0, 0.05) is 26.7 Å². The van der Waals surface area contributed by atoms with Crippen LogP contribution >= 0.6 is 24.0 Å². The quantitative estimate of drug-likeness (QED) is 0.373. The maximum absolute atomic E-state index is 5.44. The number of guanidine groups is 1. The Labute approximate surface area is 169 Å². The van der Waals surface area contributed by atoms with Crippen LogP contribution in [0, 0.1) is 6.92 Å². The molecular formula is C19H33IN4O. The summed E-state index contributed by atoms with van der Waals surface area (Å²) in [6.07, 6.45) is 4.98. The van der Waals surface area contributed by atoms with Crippen LogP contribution in [0.4, 0.5) is 0 Å². The Balaban J connectivity index is 0.00000312. The van der Waals surface area contributed by atoms with Crippen LogP contribution in [0.1, 0.15) is 30.4 Å². The number of aryl methyl sites for hydroxylation is 1. The van der Waals surface area contributed by atoms with Gasteiger partial charge in [0.15, 0.2) is 5.96 Å². The molecule has 142 valence electrons. The van der Waals surface area contributed by atoms with Gasteiger partial charge in [-0.05, 0) is 50.9 Å². The minimum Gasteiger partial charge on any atom is -0.496 e. The number of nitrogens with one attached hydrogen (secondary N) is 2. The van der Waals surface area contributed by atoms with E-state index in [4.69, 9.17) is 4.74 Å².